The van der Waals surface area contributed by atoms with Crippen LogP contribution in [0.1, 0.15) is 6.92 Å². The van der Waals surface area contributed by atoms with Crippen LogP contribution in [0, 0.1) is 0 Å². The summed E-state index contributed by atoms with van der Waals surface area (Å²) in [5, 5.41) is 0.203. The van der Waals surface area contributed by atoms with Gasteiger partial charge in [0.1, 0.15) is 4.90 Å². The molecule has 0 amide bonds. The van der Waals surface area contributed by atoms with Crippen LogP contribution in [0.4, 0.5) is 0 Å². The molecule has 1 rings (SSSR count). The molecule has 0 spiro atoms. The normalized spacial score (nSPS) is 13.9. The zero-order valence-electron chi connectivity index (χ0n) is 10.4. The van der Waals surface area contributed by atoms with Crippen LogP contribution in [0.3, 0.4) is 0 Å². The summed E-state index contributed by atoms with van der Waals surface area (Å²) >= 11 is 9.18. The third kappa shape index (κ3) is 4.51. The Labute approximate surface area is 121 Å². The molecular formula is C11H16BrClN2O2S. The van der Waals surface area contributed by atoms with Crippen LogP contribution in [0.5, 0.6) is 0 Å². The molecule has 0 aliphatic carbocycles. The zero-order chi connectivity index (χ0) is 13.9. The lowest BCUT2D eigenvalue weighted by molar-refractivity contribution is 0.370. The Morgan fingerprint density at radius 2 is 2.06 bits per heavy atom. The molecule has 102 valence electrons. The highest BCUT2D eigenvalue weighted by Gasteiger charge is 2.20. The van der Waals surface area contributed by atoms with Crippen LogP contribution in [0.2, 0.25) is 5.02 Å². The number of nitrogens with zero attached hydrogens (tertiary/aromatic N) is 1. The summed E-state index contributed by atoms with van der Waals surface area (Å²) in [6.45, 7) is 2.43. The average molecular weight is 356 g/mol. The molecule has 7 heteroatoms. The van der Waals surface area contributed by atoms with E-state index in [0.29, 0.717) is 6.54 Å². The molecule has 4 nitrogen and oxygen atoms in total. The van der Waals surface area contributed by atoms with Gasteiger partial charge in [-0.15, -0.1) is 0 Å². The van der Waals surface area contributed by atoms with E-state index in [2.05, 4.69) is 20.7 Å². The summed E-state index contributed by atoms with van der Waals surface area (Å²) in [6, 6.07) is 4.51. The van der Waals surface area contributed by atoms with Crippen LogP contribution < -0.4 is 4.72 Å². The molecule has 1 aromatic rings. The van der Waals surface area contributed by atoms with Gasteiger partial charge in [-0.25, -0.2) is 13.1 Å². The predicted octanol–water partition coefficient (Wildman–Crippen LogP) is 2.33. The average Bonchev–Trinajstić information content (AvgIpc) is 2.13. The molecule has 1 unspecified atom stereocenters. The van der Waals surface area contributed by atoms with E-state index in [1.54, 1.807) is 12.1 Å². The van der Waals surface area contributed by atoms with E-state index in [0.717, 1.165) is 4.47 Å². The number of likely N-dealkylation sites (N-methyl/N-ethyl adjacent to an activating group) is 1. The maximum atomic E-state index is 12.1. The first-order valence-corrected chi connectivity index (χ1v) is 8.00. The number of benzene rings is 1. The molecule has 0 fully saturated rings. The highest BCUT2D eigenvalue weighted by atomic mass is 79.9. The predicted molar refractivity (Wildman–Crippen MR) is 77.5 cm³/mol. The standard InChI is InChI=1S/C11H16BrClN2O2S/c1-8(7-15(2)3)14-18(16,17)11-5-4-9(12)6-10(11)13/h4-6,8,14H,7H2,1-3H3. The van der Waals surface area contributed by atoms with Crippen LogP contribution in [0.25, 0.3) is 0 Å². The SMILES string of the molecule is CC(CN(C)C)NS(=O)(=O)c1ccc(Br)cc1Cl. The summed E-state index contributed by atoms with van der Waals surface area (Å²) in [7, 11) is 0.191. The molecule has 0 aromatic heterocycles. The van der Waals surface area contributed by atoms with Crippen molar-refractivity contribution < 1.29 is 8.42 Å². The third-order valence-corrected chi connectivity index (χ3v) is 4.74. The highest BCUT2D eigenvalue weighted by molar-refractivity contribution is 9.10. The van der Waals surface area contributed by atoms with E-state index in [1.807, 2.05) is 25.9 Å². The number of halogens is 2. The molecular weight excluding hydrogens is 340 g/mol. The number of nitrogens with one attached hydrogen (secondary N) is 1. The maximum absolute atomic E-state index is 12.1. The number of sulfonamides is 1. The van der Waals surface area contributed by atoms with E-state index >= 15 is 0 Å². The summed E-state index contributed by atoms with van der Waals surface area (Å²) in [6.07, 6.45) is 0. The van der Waals surface area contributed by atoms with Gasteiger partial charge < -0.3 is 4.90 Å². The summed E-state index contributed by atoms with van der Waals surface area (Å²) in [5.74, 6) is 0. The van der Waals surface area contributed by atoms with Gasteiger partial charge in [0.05, 0.1) is 5.02 Å². The smallest absolute Gasteiger partial charge is 0.242 e. The fourth-order valence-electron chi connectivity index (χ4n) is 1.61. The number of hydrogen-bond donors (Lipinski definition) is 1. The van der Waals surface area contributed by atoms with Gasteiger partial charge in [0.2, 0.25) is 10.0 Å². The molecule has 0 bridgehead atoms. The first kappa shape index (κ1) is 15.9. The van der Waals surface area contributed by atoms with Crippen LogP contribution >= 0.6 is 27.5 Å². The van der Waals surface area contributed by atoms with Crippen molar-refractivity contribution in [3.8, 4) is 0 Å². The Morgan fingerprint density at radius 3 is 2.56 bits per heavy atom. The fraction of sp³-hybridized carbons (Fsp3) is 0.455. The molecule has 1 aromatic carbocycles. The second kappa shape index (κ2) is 6.34. The molecule has 0 aliphatic heterocycles. The molecule has 1 N–H and O–H groups in total. The molecule has 0 saturated heterocycles. The van der Waals surface area contributed by atoms with Gasteiger partial charge in [-0.2, -0.15) is 0 Å². The number of hydrogen-bond acceptors (Lipinski definition) is 3. The van der Waals surface area contributed by atoms with E-state index in [-0.39, 0.29) is 16.0 Å². The van der Waals surface area contributed by atoms with Crippen molar-refractivity contribution in [3.05, 3.63) is 27.7 Å². The number of rotatable bonds is 5. The highest BCUT2D eigenvalue weighted by Crippen LogP contribution is 2.25. The first-order chi connectivity index (χ1) is 8.22. The minimum atomic E-state index is -3.58. The van der Waals surface area contributed by atoms with Crippen LogP contribution in [-0.2, 0) is 10.0 Å². The summed E-state index contributed by atoms with van der Waals surface area (Å²) < 4.78 is 27.6. The van der Waals surface area contributed by atoms with Crippen molar-refractivity contribution in [1.82, 2.24) is 9.62 Å². The third-order valence-electron chi connectivity index (χ3n) is 2.18. The Hall–Kier alpha value is -0.140. The molecule has 0 heterocycles. The molecule has 0 radical (unpaired) electrons. The quantitative estimate of drug-likeness (QED) is 0.882. The summed E-state index contributed by atoms with van der Waals surface area (Å²) in [4.78, 5) is 2.01. The lowest BCUT2D eigenvalue weighted by atomic mass is 10.3. The van der Waals surface area contributed by atoms with Crippen molar-refractivity contribution in [2.45, 2.75) is 17.9 Å². The van der Waals surface area contributed by atoms with Crippen LogP contribution in [-0.4, -0.2) is 40.0 Å². The minimum absolute atomic E-state index is 0.0953. The molecule has 0 saturated carbocycles. The largest absolute Gasteiger partial charge is 0.308 e. The Balaban J connectivity index is 2.93. The van der Waals surface area contributed by atoms with E-state index in [9.17, 15) is 8.42 Å². The van der Waals surface area contributed by atoms with Crippen molar-refractivity contribution >= 4 is 37.6 Å². The van der Waals surface area contributed by atoms with E-state index in [1.165, 1.54) is 6.07 Å². The van der Waals surface area contributed by atoms with Gasteiger partial charge in [0.15, 0.2) is 0 Å². The maximum Gasteiger partial charge on any atom is 0.242 e. The molecule has 0 aliphatic rings. The van der Waals surface area contributed by atoms with Gasteiger partial charge >= 0.3 is 0 Å². The Morgan fingerprint density at radius 1 is 1.44 bits per heavy atom. The van der Waals surface area contributed by atoms with E-state index in [4.69, 9.17) is 11.6 Å². The van der Waals surface area contributed by atoms with Gasteiger partial charge in [-0.3, -0.25) is 0 Å². The molecule has 1 atom stereocenters. The van der Waals surface area contributed by atoms with Gasteiger partial charge in [-0.05, 0) is 39.2 Å². The van der Waals surface area contributed by atoms with Gasteiger partial charge in [-0.1, -0.05) is 27.5 Å². The Kier molecular flexibility index (Phi) is 5.61. The van der Waals surface area contributed by atoms with Crippen molar-refractivity contribution in [2.24, 2.45) is 0 Å². The Bertz CT molecular complexity index is 520. The lowest BCUT2D eigenvalue weighted by Gasteiger charge is -2.18. The van der Waals surface area contributed by atoms with E-state index < -0.39 is 10.0 Å². The van der Waals surface area contributed by atoms with Crippen molar-refractivity contribution in [1.29, 1.82) is 0 Å². The second-order valence-corrected chi connectivity index (χ2v) is 7.36. The van der Waals surface area contributed by atoms with Crippen molar-refractivity contribution in [2.75, 3.05) is 20.6 Å². The van der Waals surface area contributed by atoms with Gasteiger partial charge in [0, 0.05) is 17.1 Å². The second-order valence-electron chi connectivity index (χ2n) is 4.36. The first-order valence-electron chi connectivity index (χ1n) is 5.34. The summed E-state index contributed by atoms with van der Waals surface area (Å²) in [5.41, 5.74) is 0. The zero-order valence-corrected chi connectivity index (χ0v) is 13.6. The molecule has 18 heavy (non-hydrogen) atoms. The van der Waals surface area contributed by atoms with Crippen molar-refractivity contribution in [3.63, 3.8) is 0 Å². The van der Waals surface area contributed by atoms with Gasteiger partial charge in [0.25, 0.3) is 0 Å². The topological polar surface area (TPSA) is 49.4 Å². The van der Waals surface area contributed by atoms with Crippen LogP contribution in [0.15, 0.2) is 27.6 Å². The monoisotopic (exact) mass is 354 g/mol. The lowest BCUT2D eigenvalue weighted by Crippen LogP contribution is -2.39. The minimum Gasteiger partial charge on any atom is -0.308 e. The fourth-order valence-corrected chi connectivity index (χ4v) is 3.88.